The molecule has 0 saturated heterocycles. The smallest absolute Gasteiger partial charge is 0.273 e. The fourth-order valence-electron chi connectivity index (χ4n) is 2.05. The first kappa shape index (κ1) is 9.84. The van der Waals surface area contributed by atoms with Gasteiger partial charge in [0.2, 0.25) is 0 Å². The lowest BCUT2D eigenvalue weighted by atomic mass is 10.1. The summed E-state index contributed by atoms with van der Waals surface area (Å²) >= 11 is 0. The van der Waals surface area contributed by atoms with Crippen molar-refractivity contribution < 1.29 is 0 Å². The van der Waals surface area contributed by atoms with Gasteiger partial charge in [-0.15, -0.1) is 0 Å². The van der Waals surface area contributed by atoms with E-state index in [9.17, 15) is 4.79 Å². The van der Waals surface area contributed by atoms with Crippen molar-refractivity contribution in [3.8, 4) is 11.3 Å². The number of hydrogen-bond acceptors (Lipinski definition) is 2. The first-order valence-corrected chi connectivity index (χ1v) is 5.36. The van der Waals surface area contributed by atoms with Crippen molar-refractivity contribution >= 4 is 10.9 Å². The zero-order valence-electron chi connectivity index (χ0n) is 9.34. The minimum Gasteiger partial charge on any atom is -0.342 e. The van der Waals surface area contributed by atoms with Crippen molar-refractivity contribution in [1.29, 1.82) is 0 Å². The Kier molecular flexibility index (Phi) is 2.08. The Hall–Kier alpha value is -2.36. The minimum absolute atomic E-state index is 0.153. The van der Waals surface area contributed by atoms with E-state index in [0.29, 0.717) is 5.39 Å². The summed E-state index contributed by atoms with van der Waals surface area (Å²) in [5, 5.41) is 6.94. The molecule has 0 fully saturated rings. The highest BCUT2D eigenvalue weighted by atomic mass is 16.1. The van der Waals surface area contributed by atoms with Gasteiger partial charge in [-0.2, -0.15) is 5.10 Å². The quantitative estimate of drug-likeness (QED) is 0.688. The van der Waals surface area contributed by atoms with Gasteiger partial charge < -0.3 is 4.57 Å². The maximum atomic E-state index is 11.6. The van der Waals surface area contributed by atoms with Gasteiger partial charge in [0.15, 0.2) is 0 Å². The second-order valence-corrected chi connectivity index (χ2v) is 3.95. The van der Waals surface area contributed by atoms with Crippen molar-refractivity contribution in [2.45, 2.75) is 0 Å². The van der Waals surface area contributed by atoms with Crippen LogP contribution >= 0.6 is 0 Å². The fourth-order valence-corrected chi connectivity index (χ4v) is 2.05. The third-order valence-corrected chi connectivity index (χ3v) is 2.95. The molecule has 1 aromatic carbocycles. The van der Waals surface area contributed by atoms with Crippen LogP contribution in [0.25, 0.3) is 22.2 Å². The molecule has 0 radical (unpaired) electrons. The molecule has 4 heteroatoms. The van der Waals surface area contributed by atoms with Crippen LogP contribution in [0.5, 0.6) is 0 Å². The van der Waals surface area contributed by atoms with E-state index in [1.165, 1.54) is 0 Å². The Morgan fingerprint density at radius 3 is 2.71 bits per heavy atom. The van der Waals surface area contributed by atoms with Crippen LogP contribution in [-0.2, 0) is 7.05 Å². The maximum Gasteiger partial charge on any atom is 0.273 e. The van der Waals surface area contributed by atoms with Crippen LogP contribution in [0.2, 0.25) is 0 Å². The minimum atomic E-state index is -0.153. The van der Waals surface area contributed by atoms with E-state index in [1.54, 1.807) is 6.20 Å². The lowest BCUT2D eigenvalue weighted by Gasteiger charge is -2.03. The second-order valence-electron chi connectivity index (χ2n) is 3.95. The predicted octanol–water partition coefficient (Wildman–Crippen LogP) is 1.93. The molecule has 0 atom stereocenters. The van der Waals surface area contributed by atoms with Crippen molar-refractivity contribution in [2.24, 2.45) is 7.05 Å². The lowest BCUT2D eigenvalue weighted by molar-refractivity contribution is 0.951. The highest BCUT2D eigenvalue weighted by Crippen LogP contribution is 2.24. The molecule has 1 N–H and O–H groups in total. The molecule has 4 nitrogen and oxygen atoms in total. The first-order chi connectivity index (χ1) is 8.27. The summed E-state index contributed by atoms with van der Waals surface area (Å²) in [4.78, 5) is 11.6. The number of nitrogens with one attached hydrogen (secondary N) is 1. The van der Waals surface area contributed by atoms with Gasteiger partial charge in [0.25, 0.3) is 5.56 Å². The van der Waals surface area contributed by atoms with E-state index in [4.69, 9.17) is 0 Å². The molecule has 2 aromatic heterocycles. The summed E-state index contributed by atoms with van der Waals surface area (Å²) in [5.74, 6) is 0. The molecular formula is C13H11N3O. The molecule has 84 valence electrons. The Labute approximate surface area is 97.5 Å². The zero-order chi connectivity index (χ0) is 11.8. The largest absolute Gasteiger partial charge is 0.342 e. The molecule has 0 aliphatic heterocycles. The van der Waals surface area contributed by atoms with E-state index >= 15 is 0 Å². The molecule has 0 spiro atoms. The molecule has 3 rings (SSSR count). The van der Waals surface area contributed by atoms with E-state index in [1.807, 2.05) is 48.0 Å². The maximum absolute atomic E-state index is 11.6. The lowest BCUT2D eigenvalue weighted by Crippen LogP contribution is -2.06. The van der Waals surface area contributed by atoms with Gasteiger partial charge in [-0.25, -0.2) is 5.10 Å². The van der Waals surface area contributed by atoms with Gasteiger partial charge in [-0.05, 0) is 11.6 Å². The molecular weight excluding hydrogens is 214 g/mol. The summed E-state index contributed by atoms with van der Waals surface area (Å²) in [6.07, 6.45) is 1.67. The molecule has 0 amide bonds. The average Bonchev–Trinajstić information content (AvgIpc) is 2.70. The van der Waals surface area contributed by atoms with Crippen LogP contribution in [0.4, 0.5) is 0 Å². The SMILES string of the molecule is Cn1c(-c2ccccc2)cc2c(=O)[nH]ncc21. The number of fused-ring (bicyclic) bond motifs is 1. The van der Waals surface area contributed by atoms with E-state index < -0.39 is 0 Å². The molecule has 2 heterocycles. The molecule has 0 bridgehead atoms. The first-order valence-electron chi connectivity index (χ1n) is 5.36. The number of hydrogen-bond donors (Lipinski definition) is 1. The monoisotopic (exact) mass is 225 g/mol. The topological polar surface area (TPSA) is 50.7 Å². The molecule has 0 unspecified atom stereocenters. The third kappa shape index (κ3) is 1.45. The van der Waals surface area contributed by atoms with Crippen LogP contribution in [0.1, 0.15) is 0 Å². The summed E-state index contributed by atoms with van der Waals surface area (Å²) in [7, 11) is 1.94. The normalized spacial score (nSPS) is 10.9. The van der Waals surface area contributed by atoms with Crippen LogP contribution in [-0.4, -0.2) is 14.8 Å². The predicted molar refractivity (Wildman–Crippen MR) is 66.8 cm³/mol. The van der Waals surface area contributed by atoms with Gasteiger partial charge in [-0.1, -0.05) is 30.3 Å². The third-order valence-electron chi connectivity index (χ3n) is 2.95. The van der Waals surface area contributed by atoms with Crippen molar-refractivity contribution in [3.05, 3.63) is 52.9 Å². The van der Waals surface area contributed by atoms with Gasteiger partial charge in [0, 0.05) is 12.7 Å². The van der Waals surface area contributed by atoms with Gasteiger partial charge in [0.05, 0.1) is 17.1 Å². The molecule has 0 saturated carbocycles. The summed E-state index contributed by atoms with van der Waals surface area (Å²) in [6, 6.07) is 11.9. The number of aromatic nitrogens is 3. The van der Waals surface area contributed by atoms with Crippen LogP contribution in [0.15, 0.2) is 47.4 Å². The Balaban J connectivity index is 2.36. The van der Waals surface area contributed by atoms with Crippen LogP contribution in [0, 0.1) is 0 Å². The average molecular weight is 225 g/mol. The number of nitrogens with zero attached hydrogens (tertiary/aromatic N) is 2. The van der Waals surface area contributed by atoms with Crippen molar-refractivity contribution in [1.82, 2.24) is 14.8 Å². The Morgan fingerprint density at radius 2 is 2.00 bits per heavy atom. The molecule has 3 aromatic rings. The van der Waals surface area contributed by atoms with E-state index in [2.05, 4.69) is 10.2 Å². The number of rotatable bonds is 1. The summed E-state index contributed by atoms with van der Waals surface area (Å²) < 4.78 is 1.98. The van der Waals surface area contributed by atoms with Crippen molar-refractivity contribution in [3.63, 3.8) is 0 Å². The second kappa shape index (κ2) is 3.59. The van der Waals surface area contributed by atoms with Gasteiger partial charge in [0.1, 0.15) is 0 Å². The van der Waals surface area contributed by atoms with Crippen LogP contribution in [0.3, 0.4) is 0 Å². The van der Waals surface area contributed by atoms with Gasteiger partial charge in [-0.3, -0.25) is 4.79 Å². The molecule has 17 heavy (non-hydrogen) atoms. The van der Waals surface area contributed by atoms with Gasteiger partial charge >= 0.3 is 0 Å². The summed E-state index contributed by atoms with van der Waals surface area (Å²) in [5.41, 5.74) is 2.79. The zero-order valence-corrected chi connectivity index (χ0v) is 9.34. The standard InChI is InChI=1S/C13H11N3O/c1-16-11(9-5-3-2-4-6-9)7-10-12(16)8-14-15-13(10)17/h2-8H,1H3,(H,15,17). The fraction of sp³-hybridized carbons (Fsp3) is 0.0769. The van der Waals surface area contributed by atoms with E-state index in [0.717, 1.165) is 16.8 Å². The molecule has 0 aliphatic carbocycles. The summed E-state index contributed by atoms with van der Waals surface area (Å²) in [6.45, 7) is 0. The highest BCUT2D eigenvalue weighted by molar-refractivity contribution is 5.85. The van der Waals surface area contributed by atoms with Crippen LogP contribution < -0.4 is 5.56 Å². The van der Waals surface area contributed by atoms with Crippen molar-refractivity contribution in [2.75, 3.05) is 0 Å². The Morgan fingerprint density at radius 1 is 1.24 bits per heavy atom. The number of aromatic amines is 1. The molecule has 0 aliphatic rings. The highest BCUT2D eigenvalue weighted by Gasteiger charge is 2.09. The number of H-pyrrole nitrogens is 1. The number of aryl methyl sites for hydroxylation is 1. The van der Waals surface area contributed by atoms with E-state index in [-0.39, 0.29) is 5.56 Å². The Bertz CT molecular complexity index is 725. The number of benzene rings is 1.